The largest absolute Gasteiger partial charge is 0.309 e. The van der Waals surface area contributed by atoms with Crippen LogP contribution < -0.4 is 0 Å². The van der Waals surface area contributed by atoms with Gasteiger partial charge in [-0.3, -0.25) is 0 Å². The highest BCUT2D eigenvalue weighted by atomic mass is 15.0. The zero-order valence-corrected chi connectivity index (χ0v) is 30.7. The van der Waals surface area contributed by atoms with Gasteiger partial charge < -0.3 is 4.57 Å². The molecule has 0 aliphatic heterocycles. The first-order chi connectivity index (χ1) is 25.0. The van der Waals surface area contributed by atoms with Crippen LogP contribution in [0.15, 0.2) is 140 Å². The van der Waals surface area contributed by atoms with Gasteiger partial charge in [0.1, 0.15) is 0 Å². The van der Waals surface area contributed by atoms with E-state index in [1.807, 2.05) is 0 Å². The molecule has 11 rings (SSSR count). The van der Waals surface area contributed by atoms with Crippen molar-refractivity contribution in [2.75, 3.05) is 0 Å². The monoisotopic (exact) mass is 667 g/mol. The molecule has 0 saturated carbocycles. The lowest BCUT2D eigenvalue weighted by Crippen LogP contribution is -2.15. The van der Waals surface area contributed by atoms with Gasteiger partial charge in [-0.2, -0.15) is 0 Å². The Labute approximate surface area is 306 Å². The van der Waals surface area contributed by atoms with E-state index in [9.17, 15) is 0 Å². The van der Waals surface area contributed by atoms with E-state index in [1.54, 1.807) is 0 Å². The summed E-state index contributed by atoms with van der Waals surface area (Å²) in [6.45, 7) is 14.3. The summed E-state index contributed by atoms with van der Waals surface area (Å²) in [4.78, 5) is 0. The highest BCUT2D eigenvalue weighted by Crippen LogP contribution is 2.54. The quantitative estimate of drug-likeness (QED) is 0.173. The summed E-state index contributed by atoms with van der Waals surface area (Å²) in [6, 6.07) is 53.3. The molecule has 1 heterocycles. The van der Waals surface area contributed by atoms with Gasteiger partial charge in [-0.1, -0.05) is 139 Å². The summed E-state index contributed by atoms with van der Waals surface area (Å²) in [5.41, 5.74) is 22.7. The number of hydrogen-bond acceptors (Lipinski definition) is 0. The number of fused-ring (bicyclic) bond motifs is 12. The highest BCUT2D eigenvalue weighted by Gasteiger charge is 2.39. The number of aromatic nitrogens is 1. The highest BCUT2D eigenvalue weighted by molar-refractivity contribution is 6.13. The van der Waals surface area contributed by atoms with Crippen molar-refractivity contribution in [2.45, 2.75) is 57.8 Å². The number of hydrogen-bond donors (Lipinski definition) is 0. The number of rotatable bonds is 2. The van der Waals surface area contributed by atoms with Crippen molar-refractivity contribution in [2.24, 2.45) is 0 Å². The van der Waals surface area contributed by atoms with Gasteiger partial charge in [0.2, 0.25) is 0 Å². The summed E-state index contributed by atoms with van der Waals surface area (Å²) in [5.74, 6) is 0. The SMILES string of the molecule is CC1(C)c2ccccc2-c2ccc(-c3ccc(-n4c5cc6c(cc5c5cc7c(cc54)C(C)(C)c4ccccc4-7)-c4ccccc4C6(C)C)cc3)cc21. The zero-order valence-electron chi connectivity index (χ0n) is 30.7. The molecule has 1 aromatic heterocycles. The lowest BCUT2D eigenvalue weighted by atomic mass is 9.81. The molecular formula is C51H41N. The Morgan fingerprint density at radius 2 is 0.712 bits per heavy atom. The lowest BCUT2D eigenvalue weighted by Gasteiger charge is -2.22. The molecule has 250 valence electrons. The average molecular weight is 668 g/mol. The van der Waals surface area contributed by atoms with Gasteiger partial charge >= 0.3 is 0 Å². The Kier molecular flexibility index (Phi) is 5.66. The van der Waals surface area contributed by atoms with Crippen molar-refractivity contribution >= 4 is 21.8 Å². The fourth-order valence-corrected chi connectivity index (χ4v) is 10.4. The van der Waals surface area contributed by atoms with E-state index >= 15 is 0 Å². The average Bonchev–Trinajstić information content (AvgIpc) is 3.76. The molecule has 0 atom stereocenters. The number of benzene rings is 7. The summed E-state index contributed by atoms with van der Waals surface area (Å²) in [7, 11) is 0. The second kappa shape index (κ2) is 9.81. The van der Waals surface area contributed by atoms with Gasteiger partial charge in [0.15, 0.2) is 0 Å². The molecule has 8 aromatic rings. The lowest BCUT2D eigenvalue weighted by molar-refractivity contribution is 0.660. The molecule has 0 N–H and O–H groups in total. The van der Waals surface area contributed by atoms with Gasteiger partial charge in [-0.05, 0) is 120 Å². The minimum absolute atomic E-state index is 0.0216. The first kappa shape index (κ1) is 30.0. The Morgan fingerprint density at radius 1 is 0.327 bits per heavy atom. The van der Waals surface area contributed by atoms with E-state index in [2.05, 4.69) is 186 Å². The Morgan fingerprint density at radius 3 is 1.19 bits per heavy atom. The van der Waals surface area contributed by atoms with Crippen molar-refractivity contribution in [1.29, 1.82) is 0 Å². The van der Waals surface area contributed by atoms with Crippen molar-refractivity contribution in [1.82, 2.24) is 4.57 Å². The predicted octanol–water partition coefficient (Wildman–Crippen LogP) is 13.4. The van der Waals surface area contributed by atoms with Gasteiger partial charge in [0, 0.05) is 32.7 Å². The van der Waals surface area contributed by atoms with Crippen molar-refractivity contribution in [3.05, 3.63) is 173 Å². The smallest absolute Gasteiger partial charge is 0.0544 e. The third kappa shape index (κ3) is 3.68. The van der Waals surface area contributed by atoms with E-state index in [4.69, 9.17) is 0 Å². The Balaban J connectivity index is 1.12. The molecule has 0 unspecified atom stereocenters. The summed E-state index contributed by atoms with van der Waals surface area (Å²) in [5, 5.41) is 2.63. The minimum Gasteiger partial charge on any atom is -0.309 e. The van der Waals surface area contributed by atoms with E-state index in [1.165, 1.54) is 105 Å². The second-order valence-corrected chi connectivity index (χ2v) is 17.0. The van der Waals surface area contributed by atoms with Crippen LogP contribution in [0, 0.1) is 0 Å². The van der Waals surface area contributed by atoms with Crippen molar-refractivity contribution in [3.63, 3.8) is 0 Å². The molecule has 3 aliphatic carbocycles. The third-order valence-corrected chi connectivity index (χ3v) is 13.2. The van der Waals surface area contributed by atoms with Crippen molar-refractivity contribution < 1.29 is 0 Å². The molecule has 0 saturated heterocycles. The molecular weight excluding hydrogens is 627 g/mol. The van der Waals surface area contributed by atoms with Crippen LogP contribution in [0.1, 0.15) is 74.9 Å². The summed E-state index contributed by atoms with van der Waals surface area (Å²) in [6.07, 6.45) is 0. The second-order valence-electron chi connectivity index (χ2n) is 17.0. The summed E-state index contributed by atoms with van der Waals surface area (Å²) < 4.78 is 2.54. The maximum Gasteiger partial charge on any atom is 0.0544 e. The molecule has 3 aliphatic rings. The van der Waals surface area contributed by atoms with Crippen molar-refractivity contribution in [3.8, 4) is 50.2 Å². The van der Waals surface area contributed by atoms with Crippen LogP contribution in [-0.4, -0.2) is 4.57 Å². The van der Waals surface area contributed by atoms with Gasteiger partial charge in [-0.25, -0.2) is 0 Å². The minimum atomic E-state index is -0.0745. The molecule has 0 bridgehead atoms. The summed E-state index contributed by atoms with van der Waals surface area (Å²) >= 11 is 0. The van der Waals surface area contributed by atoms with Crippen LogP contribution in [0.3, 0.4) is 0 Å². The zero-order chi connectivity index (χ0) is 35.3. The molecule has 7 aromatic carbocycles. The van der Waals surface area contributed by atoms with E-state index in [0.29, 0.717) is 0 Å². The molecule has 0 radical (unpaired) electrons. The van der Waals surface area contributed by atoms with Crippen LogP contribution in [-0.2, 0) is 16.2 Å². The van der Waals surface area contributed by atoms with Crippen LogP contribution >= 0.6 is 0 Å². The molecule has 52 heavy (non-hydrogen) atoms. The first-order valence-corrected chi connectivity index (χ1v) is 18.8. The topological polar surface area (TPSA) is 4.93 Å². The fraction of sp³-hybridized carbons (Fsp3) is 0.176. The van der Waals surface area contributed by atoms with Crippen LogP contribution in [0.5, 0.6) is 0 Å². The Hall–Kier alpha value is -5.66. The molecule has 1 nitrogen and oxygen atoms in total. The van der Waals surface area contributed by atoms with Crippen LogP contribution in [0.2, 0.25) is 0 Å². The van der Waals surface area contributed by atoms with E-state index in [-0.39, 0.29) is 16.2 Å². The molecule has 1 heteroatoms. The normalized spacial score (nSPS) is 16.3. The molecule has 0 amide bonds. The number of nitrogens with zero attached hydrogens (tertiary/aromatic N) is 1. The third-order valence-electron chi connectivity index (χ3n) is 13.2. The predicted molar refractivity (Wildman–Crippen MR) is 219 cm³/mol. The van der Waals surface area contributed by atoms with Gasteiger partial charge in [0.25, 0.3) is 0 Å². The fourth-order valence-electron chi connectivity index (χ4n) is 10.4. The molecule has 0 spiro atoms. The standard InChI is InChI=1S/C51H41N/c1-49(2)41-16-10-7-13-33(41)36-24-21-31(25-44(36)49)30-19-22-32(23-20-30)52-47-28-45-37(34-14-8-11-17-42(34)50(45,3)4)26-39(47)40-27-38-35-15-9-12-18-43(35)51(5,6)46(38)29-48(40)52/h7-29H,1-6H3. The van der Waals surface area contributed by atoms with E-state index in [0.717, 1.165) is 0 Å². The first-order valence-electron chi connectivity index (χ1n) is 18.8. The van der Waals surface area contributed by atoms with Gasteiger partial charge in [0.05, 0.1) is 11.0 Å². The van der Waals surface area contributed by atoms with Gasteiger partial charge in [-0.15, -0.1) is 0 Å². The molecule has 0 fully saturated rings. The van der Waals surface area contributed by atoms with Crippen LogP contribution in [0.4, 0.5) is 0 Å². The van der Waals surface area contributed by atoms with E-state index < -0.39 is 0 Å². The Bertz CT molecular complexity index is 2730. The maximum atomic E-state index is 2.54. The maximum absolute atomic E-state index is 2.54. The van der Waals surface area contributed by atoms with Crippen LogP contribution in [0.25, 0.3) is 72.0 Å².